The molecule has 1 N–H and O–H groups in total. The van der Waals surface area contributed by atoms with E-state index >= 15 is 0 Å². The number of carbonyl (C=O) groups excluding carboxylic acids is 2. The van der Waals surface area contributed by atoms with Crippen LogP contribution in [0.15, 0.2) is 23.8 Å². The molecule has 7 heteroatoms. The molecule has 6 aliphatic rings. The van der Waals surface area contributed by atoms with Crippen molar-refractivity contribution < 1.29 is 33.6 Å². The third-order valence-corrected chi connectivity index (χ3v) is 8.62. The maximum absolute atomic E-state index is 13.3. The van der Waals surface area contributed by atoms with Crippen LogP contribution in [0.25, 0.3) is 0 Å². The second-order valence-electron chi connectivity index (χ2n) is 9.36. The van der Waals surface area contributed by atoms with Gasteiger partial charge in [0.1, 0.15) is 12.4 Å². The van der Waals surface area contributed by atoms with Gasteiger partial charge in [0.2, 0.25) is 0 Å². The fraction of sp³-hybridized carbons (Fsp3) is 0.727. The molecule has 1 heterocycles. The van der Waals surface area contributed by atoms with Gasteiger partial charge in [0.25, 0.3) is 0 Å². The molecule has 158 valence electrons. The molecule has 4 bridgehead atoms. The highest BCUT2D eigenvalue weighted by Crippen LogP contribution is 2.77. The molecule has 0 aromatic heterocycles. The lowest BCUT2D eigenvalue weighted by atomic mass is 9.50. The van der Waals surface area contributed by atoms with E-state index in [1.165, 1.54) is 14.2 Å². The Morgan fingerprint density at radius 1 is 1.34 bits per heavy atom. The molecule has 0 aromatic carbocycles. The van der Waals surface area contributed by atoms with Crippen LogP contribution in [-0.4, -0.2) is 55.9 Å². The largest absolute Gasteiger partial charge is 0.469 e. The molecule has 0 radical (unpaired) electrons. The molecule has 0 unspecified atom stereocenters. The van der Waals surface area contributed by atoms with Gasteiger partial charge in [0.15, 0.2) is 0 Å². The number of hydrogen-bond donors (Lipinski definition) is 1. The maximum Gasteiger partial charge on any atom is 0.315 e. The van der Waals surface area contributed by atoms with Crippen molar-refractivity contribution in [2.45, 2.75) is 50.4 Å². The van der Waals surface area contributed by atoms with Crippen molar-refractivity contribution in [1.82, 2.24) is 0 Å². The number of methoxy groups -OCH3 is 2. The maximum atomic E-state index is 13.3. The summed E-state index contributed by atoms with van der Waals surface area (Å²) >= 11 is 0. The van der Waals surface area contributed by atoms with E-state index in [9.17, 15) is 14.7 Å². The molecule has 1 aliphatic heterocycles. The molecule has 29 heavy (non-hydrogen) atoms. The highest BCUT2D eigenvalue weighted by molar-refractivity contribution is 5.88. The Bertz CT molecular complexity index is 833. The molecule has 6 rings (SSSR count). The zero-order valence-electron chi connectivity index (χ0n) is 17.1. The van der Waals surface area contributed by atoms with Gasteiger partial charge in [-0.05, 0) is 43.8 Å². The number of hydrogen-bond acceptors (Lipinski definition) is 7. The van der Waals surface area contributed by atoms with E-state index < -0.39 is 40.5 Å². The summed E-state index contributed by atoms with van der Waals surface area (Å²) in [5.41, 5.74) is -1.17. The monoisotopic (exact) mass is 404 g/mol. The summed E-state index contributed by atoms with van der Waals surface area (Å²) in [6, 6.07) is 0. The first-order chi connectivity index (χ1) is 13.8. The summed E-state index contributed by atoms with van der Waals surface area (Å²) in [6.45, 7) is 6.03. The highest BCUT2D eigenvalue weighted by atomic mass is 16.7. The van der Waals surface area contributed by atoms with Crippen molar-refractivity contribution in [1.29, 1.82) is 0 Å². The van der Waals surface area contributed by atoms with Crippen LogP contribution in [0.4, 0.5) is 0 Å². The van der Waals surface area contributed by atoms with E-state index in [0.717, 1.165) is 17.6 Å². The number of ether oxygens (including phenoxy) is 4. The van der Waals surface area contributed by atoms with Crippen LogP contribution in [-0.2, 0) is 28.5 Å². The fourth-order valence-electron chi connectivity index (χ4n) is 7.47. The van der Waals surface area contributed by atoms with Crippen molar-refractivity contribution in [2.24, 2.45) is 28.6 Å². The van der Waals surface area contributed by atoms with Crippen LogP contribution in [0.2, 0.25) is 0 Å². The molecule has 7 nitrogen and oxygen atoms in total. The standard InChI is InChI=1S/C22H28O7/c1-11-12-5-7-21(17(11)23)13(9-12)15(18(24)27-4)16-20(2)14(28-10-26-3)6-8-22(16,21)29-19(20)25/h9,12,14-17,23H,1,5-8,10H2,2-4H3/t12-,14-,15-,16-,17+,20+,21-,22+/m1/s1. The van der Waals surface area contributed by atoms with Gasteiger partial charge in [0.05, 0.1) is 36.1 Å². The predicted molar refractivity (Wildman–Crippen MR) is 100 cm³/mol. The fourth-order valence-corrected chi connectivity index (χ4v) is 7.47. The lowest BCUT2D eigenvalue weighted by Gasteiger charge is -2.56. The number of rotatable bonds is 4. The van der Waals surface area contributed by atoms with Crippen LogP contribution < -0.4 is 0 Å². The van der Waals surface area contributed by atoms with Crippen molar-refractivity contribution in [3.05, 3.63) is 23.8 Å². The van der Waals surface area contributed by atoms with Crippen LogP contribution in [0, 0.1) is 28.6 Å². The van der Waals surface area contributed by atoms with Gasteiger partial charge in [-0.15, -0.1) is 0 Å². The smallest absolute Gasteiger partial charge is 0.315 e. The van der Waals surface area contributed by atoms with E-state index in [2.05, 4.69) is 12.7 Å². The van der Waals surface area contributed by atoms with Gasteiger partial charge < -0.3 is 24.1 Å². The molecular weight excluding hydrogens is 376 g/mol. The van der Waals surface area contributed by atoms with Crippen molar-refractivity contribution >= 4 is 11.9 Å². The first-order valence-electron chi connectivity index (χ1n) is 10.3. The van der Waals surface area contributed by atoms with Gasteiger partial charge in [-0.25, -0.2) is 0 Å². The van der Waals surface area contributed by atoms with Gasteiger partial charge in [-0.3, -0.25) is 9.59 Å². The molecule has 5 aliphatic carbocycles. The molecule has 1 spiro atoms. The summed E-state index contributed by atoms with van der Waals surface area (Å²) in [5.74, 6) is -1.82. The zero-order valence-corrected chi connectivity index (χ0v) is 17.1. The van der Waals surface area contributed by atoms with Gasteiger partial charge in [-0.2, -0.15) is 0 Å². The molecule has 1 saturated heterocycles. The zero-order chi connectivity index (χ0) is 20.8. The SMILES string of the molecule is C=C1[C@H]2C=C3[C@@H](C(=O)OC)[C@@H]4[C@@]5(C)C(=O)O[C@]4(CC[C@H]5OCOC)[C@@]3(CC2)[C@H]1O. The number of allylic oxidation sites excluding steroid dienone is 1. The predicted octanol–water partition coefficient (Wildman–Crippen LogP) is 1.74. The minimum absolute atomic E-state index is 0.0353. The van der Waals surface area contributed by atoms with Crippen molar-refractivity contribution in [3.63, 3.8) is 0 Å². The molecular formula is C22H28O7. The first-order valence-corrected chi connectivity index (χ1v) is 10.3. The lowest BCUT2D eigenvalue weighted by molar-refractivity contribution is -0.179. The van der Waals surface area contributed by atoms with E-state index in [4.69, 9.17) is 18.9 Å². The van der Waals surface area contributed by atoms with Crippen LogP contribution in [0.1, 0.15) is 32.6 Å². The van der Waals surface area contributed by atoms with Crippen LogP contribution >= 0.6 is 0 Å². The number of carbonyl (C=O) groups is 2. The van der Waals surface area contributed by atoms with Crippen LogP contribution in [0.5, 0.6) is 0 Å². The average molecular weight is 404 g/mol. The van der Waals surface area contributed by atoms with Gasteiger partial charge >= 0.3 is 11.9 Å². The molecule has 0 aromatic rings. The number of aliphatic hydroxyl groups is 1. The Morgan fingerprint density at radius 3 is 2.79 bits per heavy atom. The summed E-state index contributed by atoms with van der Waals surface area (Å²) in [7, 11) is 2.90. The van der Waals surface area contributed by atoms with Gasteiger partial charge in [-0.1, -0.05) is 12.7 Å². The Kier molecular flexibility index (Phi) is 3.94. The quantitative estimate of drug-likeness (QED) is 0.434. The van der Waals surface area contributed by atoms with Crippen LogP contribution in [0.3, 0.4) is 0 Å². The molecule has 3 saturated carbocycles. The summed E-state index contributed by atoms with van der Waals surface area (Å²) in [6.07, 6.45) is 3.42. The van der Waals surface area contributed by atoms with E-state index in [1.54, 1.807) is 0 Å². The molecule has 0 amide bonds. The Labute approximate surface area is 170 Å². The number of aliphatic hydroxyl groups excluding tert-OH is 1. The topological polar surface area (TPSA) is 91.3 Å². The Hall–Kier alpha value is -1.70. The first kappa shape index (κ1) is 19.3. The second kappa shape index (κ2) is 5.93. The third kappa shape index (κ3) is 1.90. The van der Waals surface area contributed by atoms with Crippen molar-refractivity contribution in [2.75, 3.05) is 21.0 Å². The number of fused-ring (bicyclic) bond motifs is 2. The van der Waals surface area contributed by atoms with E-state index in [-0.39, 0.29) is 24.6 Å². The third-order valence-electron chi connectivity index (χ3n) is 8.62. The lowest BCUT2D eigenvalue weighted by Crippen LogP contribution is -2.61. The van der Waals surface area contributed by atoms with Crippen molar-refractivity contribution in [3.8, 4) is 0 Å². The summed E-state index contributed by atoms with van der Waals surface area (Å²) in [4.78, 5) is 26.4. The summed E-state index contributed by atoms with van der Waals surface area (Å²) in [5, 5.41) is 11.4. The molecule has 8 atom stereocenters. The summed E-state index contributed by atoms with van der Waals surface area (Å²) < 4.78 is 22.4. The van der Waals surface area contributed by atoms with E-state index in [1.807, 2.05) is 6.92 Å². The second-order valence-corrected chi connectivity index (χ2v) is 9.36. The minimum Gasteiger partial charge on any atom is -0.469 e. The molecule has 4 fully saturated rings. The highest BCUT2D eigenvalue weighted by Gasteiger charge is 2.84. The Morgan fingerprint density at radius 2 is 2.10 bits per heavy atom. The number of esters is 2. The average Bonchev–Trinajstić information content (AvgIpc) is 3.06. The van der Waals surface area contributed by atoms with Gasteiger partial charge in [0, 0.05) is 18.9 Å². The normalized spacial score (nSPS) is 49.4. The minimum atomic E-state index is -1.03. The van der Waals surface area contributed by atoms with E-state index in [0.29, 0.717) is 19.3 Å². The Balaban J connectivity index is 1.74.